The lowest BCUT2D eigenvalue weighted by Gasteiger charge is -2.24. The average molecular weight is 275 g/mol. The lowest BCUT2D eigenvalue weighted by atomic mass is 10.00. The quantitative estimate of drug-likeness (QED) is 0.851. The zero-order valence-corrected chi connectivity index (χ0v) is 12.5. The van der Waals surface area contributed by atoms with Gasteiger partial charge in [0.1, 0.15) is 0 Å². The fraction of sp³-hybridized carbons (Fsp3) is 0.400. The van der Waals surface area contributed by atoms with E-state index in [-0.39, 0.29) is 11.3 Å². The number of imidazole rings is 1. The van der Waals surface area contributed by atoms with E-state index >= 15 is 0 Å². The molecule has 0 bridgehead atoms. The van der Waals surface area contributed by atoms with Crippen molar-refractivity contribution < 1.29 is 0 Å². The summed E-state index contributed by atoms with van der Waals surface area (Å²) in [7, 11) is 2.02. The first-order valence-corrected chi connectivity index (χ1v) is 7.46. The Morgan fingerprint density at radius 1 is 1.37 bits per heavy atom. The number of nitrogens with zero attached hydrogens (tertiary/aromatic N) is 2. The highest BCUT2D eigenvalue weighted by Crippen LogP contribution is 2.38. The molecule has 1 aromatic carbocycles. The molecule has 1 aromatic heterocycles. The molecule has 0 aliphatic heterocycles. The first-order valence-electron chi connectivity index (χ1n) is 6.58. The second kappa shape index (κ2) is 6.26. The van der Waals surface area contributed by atoms with Crippen LogP contribution in [0.4, 0.5) is 0 Å². The lowest BCUT2D eigenvalue weighted by Crippen LogP contribution is -2.26. The van der Waals surface area contributed by atoms with E-state index in [0.29, 0.717) is 0 Å². The molecule has 2 N–H and O–H groups in total. The summed E-state index contributed by atoms with van der Waals surface area (Å²) in [6.45, 7) is 4.28. The number of thioether (sulfide) groups is 1. The Bertz CT molecular complexity index is 536. The van der Waals surface area contributed by atoms with Crippen LogP contribution in [0.3, 0.4) is 0 Å². The Morgan fingerprint density at radius 2 is 2.11 bits per heavy atom. The Labute approximate surface area is 119 Å². The predicted molar refractivity (Wildman–Crippen MR) is 81.3 cm³/mol. The molecule has 0 saturated heterocycles. The van der Waals surface area contributed by atoms with Gasteiger partial charge in [-0.25, -0.2) is 4.98 Å². The number of nitrogens with two attached hydrogens (primary N) is 1. The third kappa shape index (κ3) is 3.19. The number of hydrogen-bond acceptors (Lipinski definition) is 3. The lowest BCUT2D eigenvalue weighted by molar-refractivity contribution is 0.628. The van der Waals surface area contributed by atoms with Gasteiger partial charge in [0.05, 0.1) is 5.25 Å². The van der Waals surface area contributed by atoms with Crippen LogP contribution in [0.2, 0.25) is 0 Å². The Kier molecular flexibility index (Phi) is 4.66. The van der Waals surface area contributed by atoms with Crippen LogP contribution in [0, 0.1) is 6.92 Å². The van der Waals surface area contributed by atoms with Crippen molar-refractivity contribution in [3.63, 3.8) is 0 Å². The molecule has 0 amide bonds. The molecule has 1 heterocycles. The fourth-order valence-corrected chi connectivity index (χ4v) is 3.42. The van der Waals surface area contributed by atoms with Crippen LogP contribution in [0.5, 0.6) is 0 Å². The first kappa shape index (κ1) is 14.2. The van der Waals surface area contributed by atoms with E-state index in [1.165, 1.54) is 11.1 Å². The molecule has 0 spiro atoms. The maximum atomic E-state index is 6.33. The van der Waals surface area contributed by atoms with E-state index in [9.17, 15) is 0 Å². The molecular formula is C15H21N3S. The summed E-state index contributed by atoms with van der Waals surface area (Å²) in [5.41, 5.74) is 8.93. The highest BCUT2D eigenvalue weighted by molar-refractivity contribution is 7.99. The summed E-state index contributed by atoms with van der Waals surface area (Å²) in [4.78, 5) is 4.40. The maximum Gasteiger partial charge on any atom is 0.168 e. The third-order valence-corrected chi connectivity index (χ3v) is 4.83. The molecular weight excluding hydrogens is 254 g/mol. The van der Waals surface area contributed by atoms with E-state index in [4.69, 9.17) is 5.73 Å². The van der Waals surface area contributed by atoms with Crippen molar-refractivity contribution in [2.75, 3.05) is 0 Å². The van der Waals surface area contributed by atoms with Crippen molar-refractivity contribution in [2.45, 2.75) is 36.7 Å². The molecule has 2 aromatic rings. The fourth-order valence-electron chi connectivity index (χ4n) is 2.08. The summed E-state index contributed by atoms with van der Waals surface area (Å²) in [5.74, 6) is 0. The Balaban J connectivity index is 2.32. The zero-order valence-electron chi connectivity index (χ0n) is 11.7. The van der Waals surface area contributed by atoms with Gasteiger partial charge in [0.15, 0.2) is 5.16 Å². The van der Waals surface area contributed by atoms with Crippen molar-refractivity contribution in [3.8, 4) is 0 Å². The smallest absolute Gasteiger partial charge is 0.168 e. The minimum absolute atomic E-state index is 0.128. The minimum atomic E-state index is 0.128. The van der Waals surface area contributed by atoms with Crippen LogP contribution in [0.25, 0.3) is 0 Å². The van der Waals surface area contributed by atoms with Gasteiger partial charge in [-0.2, -0.15) is 0 Å². The molecule has 0 saturated carbocycles. The van der Waals surface area contributed by atoms with Gasteiger partial charge in [-0.3, -0.25) is 0 Å². The van der Waals surface area contributed by atoms with Crippen LogP contribution < -0.4 is 5.73 Å². The van der Waals surface area contributed by atoms with Gasteiger partial charge >= 0.3 is 0 Å². The van der Waals surface area contributed by atoms with Crippen molar-refractivity contribution in [2.24, 2.45) is 12.8 Å². The number of aromatic nitrogens is 2. The van der Waals surface area contributed by atoms with Crippen LogP contribution in [0.15, 0.2) is 41.8 Å². The standard InChI is InChI=1S/C15H21N3S/c1-4-13(16)14(12-8-6-5-7-11(12)2)19-15-17-9-10-18(15)3/h5-10,13-14H,4,16H2,1-3H3. The van der Waals surface area contributed by atoms with Crippen LogP contribution in [0.1, 0.15) is 29.7 Å². The molecule has 3 nitrogen and oxygen atoms in total. The van der Waals surface area contributed by atoms with E-state index in [0.717, 1.165) is 11.6 Å². The van der Waals surface area contributed by atoms with Crippen LogP contribution >= 0.6 is 11.8 Å². The maximum absolute atomic E-state index is 6.33. The van der Waals surface area contributed by atoms with Gasteiger partial charge in [0, 0.05) is 25.5 Å². The molecule has 2 rings (SSSR count). The summed E-state index contributed by atoms with van der Waals surface area (Å²) in [5, 5.41) is 1.25. The van der Waals surface area contributed by atoms with Gasteiger partial charge < -0.3 is 10.3 Å². The number of rotatable bonds is 5. The van der Waals surface area contributed by atoms with Gasteiger partial charge in [0.2, 0.25) is 0 Å². The molecule has 0 aliphatic carbocycles. The van der Waals surface area contributed by atoms with Gasteiger partial charge in [0.25, 0.3) is 0 Å². The van der Waals surface area contributed by atoms with E-state index < -0.39 is 0 Å². The highest BCUT2D eigenvalue weighted by atomic mass is 32.2. The van der Waals surface area contributed by atoms with Crippen molar-refractivity contribution in [1.29, 1.82) is 0 Å². The SMILES string of the molecule is CCC(N)C(Sc1nccn1C)c1ccccc1C. The third-order valence-electron chi connectivity index (χ3n) is 3.36. The average Bonchev–Trinajstić information content (AvgIpc) is 2.81. The molecule has 0 radical (unpaired) electrons. The summed E-state index contributed by atoms with van der Waals surface area (Å²) in [6, 6.07) is 8.59. The second-order valence-electron chi connectivity index (χ2n) is 4.79. The van der Waals surface area contributed by atoms with Gasteiger partial charge in [-0.15, -0.1) is 0 Å². The molecule has 2 atom stereocenters. The molecule has 2 unspecified atom stereocenters. The van der Waals surface area contributed by atoms with E-state index in [1.54, 1.807) is 11.8 Å². The summed E-state index contributed by atoms with van der Waals surface area (Å²) < 4.78 is 2.04. The molecule has 0 aliphatic rings. The first-order chi connectivity index (χ1) is 9.13. The number of benzene rings is 1. The normalized spacial score (nSPS) is 14.3. The molecule has 4 heteroatoms. The number of hydrogen-bond donors (Lipinski definition) is 1. The van der Waals surface area contributed by atoms with Crippen molar-refractivity contribution in [1.82, 2.24) is 9.55 Å². The molecule has 102 valence electrons. The zero-order chi connectivity index (χ0) is 13.8. The topological polar surface area (TPSA) is 43.8 Å². The Morgan fingerprint density at radius 3 is 2.68 bits per heavy atom. The molecule has 0 fully saturated rings. The minimum Gasteiger partial charge on any atom is -0.329 e. The summed E-state index contributed by atoms with van der Waals surface area (Å²) >= 11 is 1.75. The van der Waals surface area contributed by atoms with E-state index in [2.05, 4.69) is 43.1 Å². The predicted octanol–water partition coefficient (Wildman–Crippen LogP) is 3.30. The van der Waals surface area contributed by atoms with Crippen molar-refractivity contribution >= 4 is 11.8 Å². The number of aryl methyl sites for hydroxylation is 2. The van der Waals surface area contributed by atoms with E-state index in [1.807, 2.05) is 24.0 Å². The highest BCUT2D eigenvalue weighted by Gasteiger charge is 2.22. The van der Waals surface area contributed by atoms with Crippen molar-refractivity contribution in [3.05, 3.63) is 47.8 Å². The van der Waals surface area contributed by atoms with Gasteiger partial charge in [-0.05, 0) is 24.5 Å². The van der Waals surface area contributed by atoms with Crippen LogP contribution in [-0.2, 0) is 7.05 Å². The monoisotopic (exact) mass is 275 g/mol. The molecule has 19 heavy (non-hydrogen) atoms. The summed E-state index contributed by atoms with van der Waals surface area (Å²) in [6.07, 6.45) is 4.75. The van der Waals surface area contributed by atoms with Gasteiger partial charge in [-0.1, -0.05) is 43.0 Å². The van der Waals surface area contributed by atoms with Crippen LogP contribution in [-0.4, -0.2) is 15.6 Å². The second-order valence-corrected chi connectivity index (χ2v) is 5.90. The largest absolute Gasteiger partial charge is 0.329 e. The Hall–Kier alpha value is -1.26.